The maximum absolute atomic E-state index is 10.4. The third-order valence-electron chi connectivity index (χ3n) is 4.31. The van der Waals surface area contributed by atoms with Gasteiger partial charge < -0.3 is 20.0 Å². The van der Waals surface area contributed by atoms with Crippen molar-refractivity contribution >= 4 is 11.4 Å². The van der Waals surface area contributed by atoms with Gasteiger partial charge in [-0.3, -0.25) is 0 Å². The van der Waals surface area contributed by atoms with Gasteiger partial charge in [0.05, 0.1) is 24.0 Å². The number of anilines is 2. The van der Waals surface area contributed by atoms with E-state index in [1.807, 2.05) is 42.5 Å². The van der Waals surface area contributed by atoms with E-state index >= 15 is 0 Å². The molecule has 0 spiro atoms. The lowest BCUT2D eigenvalue weighted by molar-refractivity contribution is 0.0711. The van der Waals surface area contributed by atoms with Gasteiger partial charge in [-0.15, -0.1) is 0 Å². The van der Waals surface area contributed by atoms with Crippen LogP contribution in [0.3, 0.4) is 0 Å². The Morgan fingerprint density at radius 2 is 1.59 bits per heavy atom. The maximum atomic E-state index is 10.4. The average molecular weight is 298 g/mol. The van der Waals surface area contributed by atoms with E-state index in [0.717, 1.165) is 30.0 Å². The lowest BCUT2D eigenvalue weighted by atomic mass is 9.97. The van der Waals surface area contributed by atoms with Gasteiger partial charge in [0.15, 0.2) is 0 Å². The smallest absolute Gasteiger partial charge is 0.101 e. The highest BCUT2D eigenvalue weighted by atomic mass is 16.3. The molecule has 0 saturated heterocycles. The molecule has 116 valence electrons. The molecule has 0 aliphatic carbocycles. The first-order valence-electron chi connectivity index (χ1n) is 7.63. The minimum atomic E-state index is -0.820. The van der Waals surface area contributed by atoms with Crippen molar-refractivity contribution in [3.05, 3.63) is 60.2 Å². The van der Waals surface area contributed by atoms with Crippen LogP contribution in [0, 0.1) is 0 Å². The van der Waals surface area contributed by atoms with E-state index in [0.29, 0.717) is 0 Å². The van der Waals surface area contributed by atoms with Crippen LogP contribution >= 0.6 is 0 Å². The third kappa shape index (κ3) is 2.67. The number of para-hydroxylation sites is 2. The van der Waals surface area contributed by atoms with Gasteiger partial charge in [-0.05, 0) is 17.7 Å². The van der Waals surface area contributed by atoms with Crippen molar-refractivity contribution in [3.63, 3.8) is 0 Å². The van der Waals surface area contributed by atoms with Crippen LogP contribution < -0.4 is 9.80 Å². The maximum Gasteiger partial charge on any atom is 0.101 e. The lowest BCUT2D eigenvalue weighted by Gasteiger charge is -2.43. The van der Waals surface area contributed by atoms with E-state index in [1.165, 1.54) is 0 Å². The molecule has 2 aromatic rings. The summed E-state index contributed by atoms with van der Waals surface area (Å²) in [5.74, 6) is 0. The van der Waals surface area contributed by atoms with Crippen molar-refractivity contribution in [2.45, 2.75) is 12.1 Å². The monoisotopic (exact) mass is 298 g/mol. The number of hydrogen-bond donors (Lipinski definition) is 2. The highest BCUT2D eigenvalue weighted by Gasteiger charge is 2.31. The minimum Gasteiger partial charge on any atom is -0.394 e. The quantitative estimate of drug-likeness (QED) is 0.907. The first kappa shape index (κ1) is 14.9. The molecule has 1 aliphatic rings. The predicted octanol–water partition coefficient (Wildman–Crippen LogP) is 2.04. The van der Waals surface area contributed by atoms with Crippen LogP contribution in [0.15, 0.2) is 54.6 Å². The number of aliphatic hydroxyl groups excluding tert-OH is 2. The number of hydrogen-bond acceptors (Lipinski definition) is 4. The normalized spacial score (nSPS) is 17.0. The molecule has 2 atom stereocenters. The largest absolute Gasteiger partial charge is 0.394 e. The van der Waals surface area contributed by atoms with E-state index in [2.05, 4.69) is 29.0 Å². The molecule has 0 saturated carbocycles. The van der Waals surface area contributed by atoms with Gasteiger partial charge in [-0.2, -0.15) is 0 Å². The lowest BCUT2D eigenvalue weighted by Crippen LogP contribution is -2.45. The Kier molecular flexibility index (Phi) is 4.32. The van der Waals surface area contributed by atoms with Crippen molar-refractivity contribution in [3.8, 4) is 0 Å². The molecule has 0 radical (unpaired) electrons. The zero-order chi connectivity index (χ0) is 15.5. The third-order valence-corrected chi connectivity index (χ3v) is 4.31. The van der Waals surface area contributed by atoms with E-state index in [1.54, 1.807) is 0 Å². The Bertz CT molecular complexity index is 617. The van der Waals surface area contributed by atoms with Crippen molar-refractivity contribution in [1.82, 2.24) is 0 Å². The summed E-state index contributed by atoms with van der Waals surface area (Å²) >= 11 is 0. The van der Waals surface area contributed by atoms with Crippen LogP contribution in [0.2, 0.25) is 0 Å². The molecule has 22 heavy (non-hydrogen) atoms. The predicted molar refractivity (Wildman–Crippen MR) is 89.3 cm³/mol. The topological polar surface area (TPSA) is 46.9 Å². The average Bonchev–Trinajstić information content (AvgIpc) is 2.58. The van der Waals surface area contributed by atoms with Gasteiger partial charge in [0.1, 0.15) is 6.10 Å². The van der Waals surface area contributed by atoms with Crippen LogP contribution in [0.5, 0.6) is 0 Å². The zero-order valence-corrected chi connectivity index (χ0v) is 12.8. The first-order chi connectivity index (χ1) is 10.7. The van der Waals surface area contributed by atoms with Gasteiger partial charge in [0, 0.05) is 20.1 Å². The molecular formula is C18H22N2O2. The second kappa shape index (κ2) is 6.38. The van der Waals surface area contributed by atoms with Gasteiger partial charge in [-0.1, -0.05) is 42.5 Å². The molecule has 2 unspecified atom stereocenters. The summed E-state index contributed by atoms with van der Waals surface area (Å²) in [7, 11) is 2.08. The summed E-state index contributed by atoms with van der Waals surface area (Å²) in [6.07, 6.45) is -0.820. The molecule has 3 rings (SSSR count). The molecule has 0 aromatic heterocycles. The van der Waals surface area contributed by atoms with E-state index in [9.17, 15) is 10.2 Å². The highest BCUT2D eigenvalue weighted by molar-refractivity contribution is 5.73. The van der Waals surface area contributed by atoms with Crippen LogP contribution in [0.25, 0.3) is 0 Å². The Hall–Kier alpha value is -2.04. The number of aliphatic hydroxyl groups is 2. The Labute approximate surface area is 131 Å². The second-order valence-corrected chi connectivity index (χ2v) is 5.71. The molecule has 2 N–H and O–H groups in total. The fourth-order valence-corrected chi connectivity index (χ4v) is 3.18. The molecule has 4 nitrogen and oxygen atoms in total. The summed E-state index contributed by atoms with van der Waals surface area (Å²) in [6, 6.07) is 17.9. The molecule has 4 heteroatoms. The van der Waals surface area contributed by atoms with Crippen LogP contribution in [-0.4, -0.2) is 43.1 Å². The molecule has 0 bridgehead atoms. The summed E-state index contributed by atoms with van der Waals surface area (Å²) in [5.41, 5.74) is 3.26. The van der Waals surface area contributed by atoms with Gasteiger partial charge in [-0.25, -0.2) is 0 Å². The van der Waals surface area contributed by atoms with Crippen molar-refractivity contribution < 1.29 is 10.2 Å². The minimum absolute atomic E-state index is 0.249. The fourth-order valence-electron chi connectivity index (χ4n) is 3.18. The highest BCUT2D eigenvalue weighted by Crippen LogP contribution is 2.38. The van der Waals surface area contributed by atoms with Crippen molar-refractivity contribution in [1.29, 1.82) is 0 Å². The zero-order valence-electron chi connectivity index (χ0n) is 12.8. The number of likely N-dealkylation sites (N-methyl/N-ethyl adjacent to an activating group) is 1. The molecule has 1 heterocycles. The SMILES string of the molecule is CN1CCN(C(c2ccccc2)C(O)CO)c2ccccc21. The number of fused-ring (bicyclic) bond motifs is 1. The van der Waals surface area contributed by atoms with E-state index < -0.39 is 6.10 Å². The number of benzene rings is 2. The second-order valence-electron chi connectivity index (χ2n) is 5.71. The van der Waals surface area contributed by atoms with Gasteiger partial charge in [0.2, 0.25) is 0 Å². The Balaban J connectivity index is 2.04. The van der Waals surface area contributed by atoms with Crippen molar-refractivity contribution in [2.75, 3.05) is 36.5 Å². The van der Waals surface area contributed by atoms with Crippen molar-refractivity contribution in [2.24, 2.45) is 0 Å². The molecule has 0 fully saturated rings. The molecular weight excluding hydrogens is 276 g/mol. The van der Waals surface area contributed by atoms with E-state index in [-0.39, 0.29) is 12.6 Å². The Morgan fingerprint density at radius 3 is 2.27 bits per heavy atom. The van der Waals surface area contributed by atoms with E-state index in [4.69, 9.17) is 0 Å². The summed E-state index contributed by atoms with van der Waals surface area (Å²) < 4.78 is 0. The summed E-state index contributed by atoms with van der Waals surface area (Å²) in [6.45, 7) is 1.44. The number of nitrogens with zero attached hydrogens (tertiary/aromatic N) is 2. The molecule has 1 aliphatic heterocycles. The molecule has 0 amide bonds. The van der Waals surface area contributed by atoms with Crippen LogP contribution in [-0.2, 0) is 0 Å². The van der Waals surface area contributed by atoms with Crippen LogP contribution in [0.1, 0.15) is 11.6 Å². The Morgan fingerprint density at radius 1 is 0.955 bits per heavy atom. The van der Waals surface area contributed by atoms with Crippen LogP contribution in [0.4, 0.5) is 11.4 Å². The summed E-state index contributed by atoms with van der Waals surface area (Å²) in [5, 5.41) is 19.9. The standard InChI is InChI=1S/C18H22N2O2/c1-19-11-12-20(16-10-6-5-9-15(16)19)18(17(22)13-21)14-7-3-2-4-8-14/h2-10,17-18,21-22H,11-13H2,1H3. The first-order valence-corrected chi connectivity index (χ1v) is 7.63. The van der Waals surface area contributed by atoms with Gasteiger partial charge in [0.25, 0.3) is 0 Å². The van der Waals surface area contributed by atoms with Gasteiger partial charge >= 0.3 is 0 Å². The number of rotatable bonds is 4. The fraction of sp³-hybridized carbons (Fsp3) is 0.333. The molecule has 2 aromatic carbocycles. The summed E-state index contributed by atoms with van der Waals surface area (Å²) in [4.78, 5) is 4.42.